The third kappa shape index (κ3) is 5.21. The number of carbonyl (C=O) groups excluding carboxylic acids is 1. The van der Waals surface area contributed by atoms with Crippen LogP contribution in [0.15, 0.2) is 54.6 Å². The molecule has 0 spiro atoms. The summed E-state index contributed by atoms with van der Waals surface area (Å²) in [7, 11) is 0. The van der Waals surface area contributed by atoms with Crippen molar-refractivity contribution in [3.05, 3.63) is 77.1 Å². The zero-order chi connectivity index (χ0) is 20.1. The summed E-state index contributed by atoms with van der Waals surface area (Å²) in [6, 6.07) is 18.1. The summed E-state index contributed by atoms with van der Waals surface area (Å²) >= 11 is 1.49. The maximum absolute atomic E-state index is 12.3. The number of hydrogen-bond donors (Lipinski definition) is 1. The zero-order valence-electron chi connectivity index (χ0n) is 16.7. The van der Waals surface area contributed by atoms with Gasteiger partial charge in [0.1, 0.15) is 5.82 Å². The van der Waals surface area contributed by atoms with Crippen LogP contribution in [0.1, 0.15) is 40.2 Å². The van der Waals surface area contributed by atoms with E-state index in [0.29, 0.717) is 5.92 Å². The average Bonchev–Trinajstić information content (AvgIpc) is 3.22. The standard InChI is InChI=1S/C23H26N4OS/c1-17-7-9-20(10-8-17)22(28)24-16-19-11-13-27(14-12-19)23-25-21(26-29-23)15-18-5-3-2-4-6-18/h2-10,19H,11-16H2,1H3,(H,24,28). The molecule has 6 heteroatoms. The molecule has 0 radical (unpaired) electrons. The van der Waals surface area contributed by atoms with E-state index in [1.54, 1.807) is 0 Å². The quantitative estimate of drug-likeness (QED) is 0.670. The van der Waals surface area contributed by atoms with Crippen molar-refractivity contribution in [2.45, 2.75) is 26.2 Å². The van der Waals surface area contributed by atoms with Crippen LogP contribution in [-0.4, -0.2) is 34.9 Å². The molecule has 2 aromatic carbocycles. The predicted molar refractivity (Wildman–Crippen MR) is 118 cm³/mol. The van der Waals surface area contributed by atoms with Crippen LogP contribution >= 0.6 is 11.5 Å². The Morgan fingerprint density at radius 3 is 2.55 bits per heavy atom. The fourth-order valence-electron chi connectivity index (χ4n) is 3.60. The minimum absolute atomic E-state index is 0.0158. The first-order valence-corrected chi connectivity index (χ1v) is 10.9. The van der Waals surface area contributed by atoms with Gasteiger partial charge in [0, 0.05) is 43.2 Å². The number of hydrogen-bond acceptors (Lipinski definition) is 5. The Labute approximate surface area is 176 Å². The molecular formula is C23H26N4OS. The van der Waals surface area contributed by atoms with Crippen molar-refractivity contribution in [2.24, 2.45) is 5.92 Å². The van der Waals surface area contributed by atoms with Crippen LogP contribution in [0, 0.1) is 12.8 Å². The highest BCUT2D eigenvalue weighted by Gasteiger charge is 2.22. The fourth-order valence-corrected chi connectivity index (χ4v) is 4.33. The highest BCUT2D eigenvalue weighted by Crippen LogP contribution is 2.25. The lowest BCUT2D eigenvalue weighted by molar-refractivity contribution is 0.0945. The molecule has 3 aromatic rings. The van der Waals surface area contributed by atoms with Crippen LogP contribution in [0.5, 0.6) is 0 Å². The Bertz CT molecular complexity index is 931. The number of benzene rings is 2. The summed E-state index contributed by atoms with van der Waals surface area (Å²) in [6.45, 7) is 4.68. The summed E-state index contributed by atoms with van der Waals surface area (Å²) < 4.78 is 4.54. The normalized spacial score (nSPS) is 14.7. The summed E-state index contributed by atoms with van der Waals surface area (Å²) in [5.74, 6) is 1.42. The van der Waals surface area contributed by atoms with E-state index in [0.717, 1.165) is 61.0 Å². The number of nitrogens with one attached hydrogen (secondary N) is 1. The van der Waals surface area contributed by atoms with E-state index in [-0.39, 0.29) is 5.91 Å². The molecule has 1 saturated heterocycles. The minimum atomic E-state index is 0.0158. The van der Waals surface area contributed by atoms with Gasteiger partial charge in [-0.15, -0.1) is 0 Å². The van der Waals surface area contributed by atoms with Gasteiger partial charge in [0.15, 0.2) is 0 Å². The van der Waals surface area contributed by atoms with Crippen LogP contribution in [0.4, 0.5) is 5.13 Å². The fraction of sp³-hybridized carbons (Fsp3) is 0.348. The number of aryl methyl sites for hydroxylation is 1. The van der Waals surface area contributed by atoms with Crippen LogP contribution in [0.25, 0.3) is 0 Å². The smallest absolute Gasteiger partial charge is 0.251 e. The number of carbonyl (C=O) groups is 1. The number of aromatic nitrogens is 2. The lowest BCUT2D eigenvalue weighted by atomic mass is 9.97. The van der Waals surface area contributed by atoms with Crippen molar-refractivity contribution in [1.29, 1.82) is 0 Å². The van der Waals surface area contributed by atoms with E-state index < -0.39 is 0 Å². The van der Waals surface area contributed by atoms with E-state index in [1.807, 2.05) is 49.4 Å². The van der Waals surface area contributed by atoms with Gasteiger partial charge >= 0.3 is 0 Å². The molecule has 0 saturated carbocycles. The first-order chi connectivity index (χ1) is 14.2. The van der Waals surface area contributed by atoms with E-state index in [4.69, 9.17) is 4.98 Å². The molecule has 150 valence electrons. The van der Waals surface area contributed by atoms with Crippen LogP contribution in [-0.2, 0) is 6.42 Å². The lowest BCUT2D eigenvalue weighted by Crippen LogP contribution is -2.38. The molecule has 1 fully saturated rings. The Hall–Kier alpha value is -2.73. The van der Waals surface area contributed by atoms with Gasteiger partial charge < -0.3 is 10.2 Å². The molecule has 29 heavy (non-hydrogen) atoms. The lowest BCUT2D eigenvalue weighted by Gasteiger charge is -2.31. The maximum Gasteiger partial charge on any atom is 0.251 e. The number of rotatable bonds is 6. The molecule has 1 aliphatic rings. The SMILES string of the molecule is Cc1ccc(C(=O)NCC2CCN(c3nc(Cc4ccccc4)ns3)CC2)cc1. The summed E-state index contributed by atoms with van der Waals surface area (Å²) in [5, 5.41) is 4.10. The van der Waals surface area contributed by atoms with Crippen molar-refractivity contribution < 1.29 is 4.79 Å². The molecule has 5 nitrogen and oxygen atoms in total. The Kier molecular flexibility index (Phi) is 6.20. The first kappa shape index (κ1) is 19.6. The van der Waals surface area contributed by atoms with Crippen molar-refractivity contribution in [2.75, 3.05) is 24.5 Å². The number of amides is 1. The molecular weight excluding hydrogens is 380 g/mol. The molecule has 0 unspecified atom stereocenters. The van der Waals surface area contributed by atoms with E-state index in [1.165, 1.54) is 17.1 Å². The maximum atomic E-state index is 12.3. The zero-order valence-corrected chi connectivity index (χ0v) is 17.5. The van der Waals surface area contributed by atoms with E-state index in [9.17, 15) is 4.79 Å². The van der Waals surface area contributed by atoms with Gasteiger partial charge in [0.25, 0.3) is 5.91 Å². The predicted octanol–water partition coefficient (Wildman–Crippen LogP) is 4.08. The summed E-state index contributed by atoms with van der Waals surface area (Å²) in [5.41, 5.74) is 3.13. The van der Waals surface area contributed by atoms with Crippen LogP contribution in [0.3, 0.4) is 0 Å². The highest BCUT2D eigenvalue weighted by atomic mass is 32.1. The minimum Gasteiger partial charge on any atom is -0.352 e. The summed E-state index contributed by atoms with van der Waals surface area (Å²) in [6.07, 6.45) is 2.89. The van der Waals surface area contributed by atoms with Crippen molar-refractivity contribution in [1.82, 2.24) is 14.7 Å². The molecule has 1 amide bonds. The van der Waals surface area contributed by atoms with Gasteiger partial charge in [0.05, 0.1) is 0 Å². The molecule has 2 heterocycles. The summed E-state index contributed by atoms with van der Waals surface area (Å²) in [4.78, 5) is 19.4. The highest BCUT2D eigenvalue weighted by molar-refractivity contribution is 7.09. The molecule has 0 atom stereocenters. The Morgan fingerprint density at radius 2 is 1.83 bits per heavy atom. The third-order valence-corrected chi connectivity index (χ3v) is 6.23. The molecule has 1 aliphatic heterocycles. The van der Waals surface area contributed by atoms with E-state index >= 15 is 0 Å². The number of nitrogens with zero attached hydrogens (tertiary/aromatic N) is 3. The molecule has 1 N–H and O–H groups in total. The third-order valence-electron chi connectivity index (χ3n) is 5.41. The largest absolute Gasteiger partial charge is 0.352 e. The Balaban J connectivity index is 1.24. The molecule has 0 aliphatic carbocycles. The van der Waals surface area contributed by atoms with Crippen LogP contribution < -0.4 is 10.2 Å². The number of anilines is 1. The molecule has 1 aromatic heterocycles. The molecule has 0 bridgehead atoms. The second-order valence-corrected chi connectivity index (χ2v) is 8.39. The monoisotopic (exact) mass is 406 g/mol. The van der Waals surface area contributed by atoms with Gasteiger partial charge in [-0.05, 0) is 43.4 Å². The van der Waals surface area contributed by atoms with Gasteiger partial charge in [-0.1, -0.05) is 48.0 Å². The second-order valence-electron chi connectivity index (χ2n) is 7.66. The topological polar surface area (TPSA) is 58.1 Å². The number of piperidine rings is 1. The van der Waals surface area contributed by atoms with Gasteiger partial charge in [-0.2, -0.15) is 4.37 Å². The van der Waals surface area contributed by atoms with Gasteiger partial charge in [-0.25, -0.2) is 4.98 Å². The van der Waals surface area contributed by atoms with Crippen molar-refractivity contribution >= 4 is 22.6 Å². The van der Waals surface area contributed by atoms with Crippen molar-refractivity contribution in [3.8, 4) is 0 Å². The first-order valence-electron chi connectivity index (χ1n) is 10.1. The van der Waals surface area contributed by atoms with Gasteiger partial charge in [-0.3, -0.25) is 4.79 Å². The van der Waals surface area contributed by atoms with Gasteiger partial charge in [0.2, 0.25) is 5.13 Å². The van der Waals surface area contributed by atoms with Crippen LogP contribution in [0.2, 0.25) is 0 Å². The van der Waals surface area contributed by atoms with E-state index in [2.05, 4.69) is 26.7 Å². The second kappa shape index (κ2) is 9.18. The Morgan fingerprint density at radius 1 is 1.10 bits per heavy atom. The molecule has 4 rings (SSSR count). The average molecular weight is 407 g/mol. The van der Waals surface area contributed by atoms with Crippen molar-refractivity contribution in [3.63, 3.8) is 0 Å².